The van der Waals surface area contributed by atoms with Gasteiger partial charge in [-0.1, -0.05) is 54.6 Å². The van der Waals surface area contributed by atoms with Crippen molar-refractivity contribution in [3.8, 4) is 6.07 Å². The Morgan fingerprint density at radius 2 is 1.81 bits per heavy atom. The van der Waals surface area contributed by atoms with Crippen LogP contribution in [-0.2, 0) is 11.3 Å². The third-order valence-corrected chi connectivity index (χ3v) is 7.15. The number of nitriles is 1. The summed E-state index contributed by atoms with van der Waals surface area (Å²) in [6.45, 7) is 3.13. The molecule has 0 aliphatic carbocycles. The van der Waals surface area contributed by atoms with Gasteiger partial charge in [-0.2, -0.15) is 5.26 Å². The molecule has 2 heterocycles. The molecule has 0 spiro atoms. The lowest BCUT2D eigenvalue weighted by Gasteiger charge is -2.27. The number of thioether (sulfide) groups is 1. The summed E-state index contributed by atoms with van der Waals surface area (Å²) in [5.41, 5.74) is 5.98. The number of carbonyl (C=O) groups is 1. The number of nitrogens with one attached hydrogen (secondary N) is 1. The number of aliphatic imine (C=N–C) groups is 1. The number of hydrogen-bond acceptors (Lipinski definition) is 6. The average Bonchev–Trinajstić information content (AvgIpc) is 3.20. The summed E-state index contributed by atoms with van der Waals surface area (Å²) in [6.07, 6.45) is 4.04. The van der Waals surface area contributed by atoms with E-state index in [-0.39, 0.29) is 5.91 Å². The number of likely N-dealkylation sites (N-methyl/N-ethyl adjacent to an activating group) is 1. The number of para-hydroxylation sites is 1. The van der Waals surface area contributed by atoms with E-state index in [1.165, 1.54) is 11.8 Å². The monoisotopic (exact) mass is 491 g/mol. The number of allylic oxidation sites excluding steroid dienone is 1. The molecule has 2 aliphatic heterocycles. The molecule has 178 valence electrons. The number of fused-ring (bicyclic) bond motifs is 1. The van der Waals surface area contributed by atoms with E-state index < -0.39 is 0 Å². The largest absolute Gasteiger partial charge is 0.384 e. The highest BCUT2D eigenvalue weighted by Gasteiger charge is 2.37. The van der Waals surface area contributed by atoms with E-state index in [1.807, 2.05) is 74.7 Å². The first-order chi connectivity index (χ1) is 17.6. The SMILES string of the molecule is CCNc1ccc(C#N)cc1N=C1S/C(=C2/C=Cc3ccccc3N2C)C(=O)N1Cc1ccccc1. The van der Waals surface area contributed by atoms with Crippen LogP contribution in [-0.4, -0.2) is 29.6 Å². The summed E-state index contributed by atoms with van der Waals surface area (Å²) in [6, 6.07) is 25.6. The highest BCUT2D eigenvalue weighted by molar-refractivity contribution is 8.18. The Balaban J connectivity index is 1.61. The molecule has 0 radical (unpaired) electrons. The van der Waals surface area contributed by atoms with Crippen molar-refractivity contribution in [1.82, 2.24) is 4.90 Å². The third-order valence-electron chi connectivity index (χ3n) is 6.07. The fraction of sp³-hybridized carbons (Fsp3) is 0.138. The molecule has 0 atom stereocenters. The molecule has 0 saturated carbocycles. The first-order valence-electron chi connectivity index (χ1n) is 11.7. The Labute approximate surface area is 215 Å². The van der Waals surface area contributed by atoms with Gasteiger partial charge in [0.05, 0.1) is 35.2 Å². The van der Waals surface area contributed by atoms with Gasteiger partial charge in [-0.3, -0.25) is 9.69 Å². The highest BCUT2D eigenvalue weighted by Crippen LogP contribution is 2.41. The van der Waals surface area contributed by atoms with Crippen LogP contribution in [0.3, 0.4) is 0 Å². The molecule has 1 fully saturated rings. The average molecular weight is 492 g/mol. The zero-order chi connectivity index (χ0) is 25.1. The highest BCUT2D eigenvalue weighted by atomic mass is 32.2. The zero-order valence-corrected chi connectivity index (χ0v) is 20.9. The summed E-state index contributed by atoms with van der Waals surface area (Å²) in [7, 11) is 1.98. The van der Waals surface area contributed by atoms with Gasteiger partial charge in [0.1, 0.15) is 4.91 Å². The van der Waals surface area contributed by atoms with Crippen LogP contribution in [0.2, 0.25) is 0 Å². The number of hydrogen-bond donors (Lipinski definition) is 1. The Hall–Kier alpha value is -4.28. The summed E-state index contributed by atoms with van der Waals surface area (Å²) in [5, 5.41) is 13.3. The summed E-state index contributed by atoms with van der Waals surface area (Å²) >= 11 is 1.37. The zero-order valence-electron chi connectivity index (χ0n) is 20.1. The normalized spacial score (nSPS) is 17.9. The van der Waals surface area contributed by atoms with Crippen LogP contribution < -0.4 is 10.2 Å². The van der Waals surface area contributed by atoms with Gasteiger partial charge in [0.2, 0.25) is 0 Å². The van der Waals surface area contributed by atoms with Crippen molar-refractivity contribution < 1.29 is 4.79 Å². The van der Waals surface area contributed by atoms with E-state index >= 15 is 0 Å². The van der Waals surface area contributed by atoms with E-state index in [4.69, 9.17) is 4.99 Å². The second kappa shape index (κ2) is 10.1. The summed E-state index contributed by atoms with van der Waals surface area (Å²) in [4.78, 5) is 23.2. The topological polar surface area (TPSA) is 71.7 Å². The maximum absolute atomic E-state index is 13.8. The Morgan fingerprint density at radius 3 is 2.58 bits per heavy atom. The van der Waals surface area contributed by atoms with Gasteiger partial charge in [-0.05, 0) is 60.2 Å². The van der Waals surface area contributed by atoms with Crippen LogP contribution >= 0.6 is 11.8 Å². The van der Waals surface area contributed by atoms with Crippen molar-refractivity contribution in [2.45, 2.75) is 13.5 Å². The van der Waals surface area contributed by atoms with Crippen molar-refractivity contribution in [1.29, 1.82) is 5.26 Å². The maximum Gasteiger partial charge on any atom is 0.269 e. The van der Waals surface area contributed by atoms with Crippen molar-refractivity contribution in [3.63, 3.8) is 0 Å². The molecule has 1 N–H and O–H groups in total. The quantitative estimate of drug-likeness (QED) is 0.435. The minimum atomic E-state index is -0.0880. The Kier molecular flexibility index (Phi) is 6.61. The van der Waals surface area contributed by atoms with Gasteiger partial charge in [0.25, 0.3) is 5.91 Å². The van der Waals surface area contributed by atoms with Crippen molar-refractivity contribution in [2.24, 2.45) is 4.99 Å². The first-order valence-corrected chi connectivity index (χ1v) is 12.6. The van der Waals surface area contributed by atoms with Crippen LogP contribution in [0.15, 0.2) is 94.5 Å². The maximum atomic E-state index is 13.8. The molecule has 7 heteroatoms. The van der Waals surface area contributed by atoms with Crippen molar-refractivity contribution in [2.75, 3.05) is 23.8 Å². The predicted octanol–water partition coefficient (Wildman–Crippen LogP) is 6.13. The lowest BCUT2D eigenvalue weighted by molar-refractivity contribution is -0.122. The standard InChI is InChI=1S/C29H25N5OS/c1-3-31-23-15-13-21(18-30)17-24(23)32-29-34(19-20-9-5-4-6-10-20)28(35)27(36-29)26-16-14-22-11-7-8-12-25(22)33(26)2/h4-17,31H,3,19H2,1-2H3/b27-26-,32-29?. The Morgan fingerprint density at radius 1 is 1.03 bits per heavy atom. The number of nitrogens with zero attached hydrogens (tertiary/aromatic N) is 4. The molecule has 0 aromatic heterocycles. The second-order valence-corrected chi connectivity index (χ2v) is 9.39. The molecular weight excluding hydrogens is 466 g/mol. The third kappa shape index (κ3) is 4.51. The molecule has 6 nitrogen and oxygen atoms in total. The van der Waals surface area contributed by atoms with Crippen LogP contribution in [0.1, 0.15) is 23.6 Å². The predicted molar refractivity (Wildman–Crippen MR) is 148 cm³/mol. The second-order valence-electron chi connectivity index (χ2n) is 8.41. The van der Waals surface area contributed by atoms with Gasteiger partial charge in [-0.25, -0.2) is 4.99 Å². The number of carbonyl (C=O) groups excluding carboxylic acids is 1. The lowest BCUT2D eigenvalue weighted by atomic mass is 10.1. The van der Waals surface area contributed by atoms with Gasteiger partial charge >= 0.3 is 0 Å². The van der Waals surface area contributed by atoms with Crippen LogP contribution in [0, 0.1) is 11.3 Å². The van der Waals surface area contributed by atoms with Crippen LogP contribution in [0.4, 0.5) is 17.1 Å². The van der Waals surface area contributed by atoms with E-state index in [1.54, 1.807) is 17.0 Å². The molecule has 3 aromatic rings. The van der Waals surface area contributed by atoms with Gasteiger partial charge in [0.15, 0.2) is 5.17 Å². The van der Waals surface area contributed by atoms with E-state index in [0.717, 1.165) is 28.2 Å². The first kappa shape index (κ1) is 23.5. The number of amides is 1. The number of rotatable bonds is 5. The summed E-state index contributed by atoms with van der Waals surface area (Å²) in [5.74, 6) is -0.0880. The van der Waals surface area contributed by atoms with E-state index in [0.29, 0.717) is 34.4 Å². The molecule has 1 saturated heterocycles. The lowest BCUT2D eigenvalue weighted by Crippen LogP contribution is -2.29. The smallest absolute Gasteiger partial charge is 0.269 e. The number of amidine groups is 1. The van der Waals surface area contributed by atoms with Gasteiger partial charge < -0.3 is 10.2 Å². The molecule has 2 aliphatic rings. The van der Waals surface area contributed by atoms with E-state index in [2.05, 4.69) is 28.4 Å². The molecule has 1 amide bonds. The van der Waals surface area contributed by atoms with Gasteiger partial charge in [-0.15, -0.1) is 0 Å². The molecule has 5 rings (SSSR count). The van der Waals surface area contributed by atoms with Crippen molar-refractivity contribution in [3.05, 3.63) is 106 Å². The molecule has 3 aromatic carbocycles. The van der Waals surface area contributed by atoms with Crippen LogP contribution in [0.5, 0.6) is 0 Å². The molecule has 0 bridgehead atoms. The molecular formula is C29H25N5OS. The molecule has 0 unspecified atom stereocenters. The number of anilines is 2. The fourth-order valence-electron chi connectivity index (χ4n) is 4.26. The Bertz CT molecular complexity index is 1450. The van der Waals surface area contributed by atoms with E-state index in [9.17, 15) is 10.1 Å². The number of benzene rings is 3. The summed E-state index contributed by atoms with van der Waals surface area (Å²) < 4.78 is 0. The van der Waals surface area contributed by atoms with Crippen molar-refractivity contribution >= 4 is 46.0 Å². The van der Waals surface area contributed by atoms with Crippen LogP contribution in [0.25, 0.3) is 6.08 Å². The minimum absolute atomic E-state index is 0.0880. The minimum Gasteiger partial charge on any atom is -0.384 e. The fourth-order valence-corrected chi connectivity index (χ4v) is 5.35. The van der Waals surface area contributed by atoms with Gasteiger partial charge in [0, 0.05) is 19.3 Å². The molecule has 36 heavy (non-hydrogen) atoms.